The topological polar surface area (TPSA) is 93.9 Å². The molecule has 0 radical (unpaired) electrons. The van der Waals surface area contributed by atoms with Gasteiger partial charge in [-0.25, -0.2) is 4.98 Å². The number of rotatable bonds is 1. The lowest BCUT2D eigenvalue weighted by molar-refractivity contribution is -0.387. The first kappa shape index (κ1) is 7.15. The fourth-order valence-corrected chi connectivity index (χ4v) is 0.551. The molecule has 0 aliphatic rings. The number of hydrogen-bond acceptors (Lipinski definition) is 3. The van der Waals surface area contributed by atoms with Gasteiger partial charge in [0.15, 0.2) is 12.3 Å². The van der Waals surface area contributed by atoms with Crippen molar-refractivity contribution >= 4 is 5.91 Å². The van der Waals surface area contributed by atoms with E-state index in [9.17, 15) is 4.79 Å². The van der Waals surface area contributed by atoms with Gasteiger partial charge in [0.05, 0.1) is 0 Å². The standard InChI is InChI=1S/C6H4N4O/c7-1-5-9-2-4(3-10-5)6(8)11/h2-3H,(H2,8,11)/p+1. The Balaban J connectivity index is 3.03. The first-order chi connectivity index (χ1) is 5.24. The molecule has 0 atom stereocenters. The van der Waals surface area contributed by atoms with E-state index < -0.39 is 5.91 Å². The number of H-pyrrole nitrogens is 1. The van der Waals surface area contributed by atoms with Crippen LogP contribution in [0.4, 0.5) is 0 Å². The number of carbonyl (C=O) groups is 1. The van der Waals surface area contributed by atoms with E-state index in [1.54, 1.807) is 6.07 Å². The number of aromatic nitrogens is 2. The second kappa shape index (κ2) is 2.75. The van der Waals surface area contributed by atoms with E-state index >= 15 is 0 Å². The van der Waals surface area contributed by atoms with Gasteiger partial charge in [-0.15, -0.1) is 0 Å². The average molecular weight is 149 g/mol. The fourth-order valence-electron chi connectivity index (χ4n) is 0.551. The molecular weight excluding hydrogens is 144 g/mol. The van der Waals surface area contributed by atoms with Crippen LogP contribution in [0, 0.1) is 11.3 Å². The summed E-state index contributed by atoms with van der Waals surface area (Å²) >= 11 is 0. The maximum Gasteiger partial charge on any atom is 0.400 e. The van der Waals surface area contributed by atoms with Crippen LogP contribution in [0.15, 0.2) is 12.4 Å². The number of hydrogen-bond donors (Lipinski definition) is 1. The number of primary amides is 1. The molecule has 0 aromatic carbocycles. The van der Waals surface area contributed by atoms with Gasteiger partial charge in [-0.2, -0.15) is 5.26 Å². The molecule has 1 heterocycles. The smallest absolute Gasteiger partial charge is 0.365 e. The van der Waals surface area contributed by atoms with Crippen LogP contribution in [-0.4, -0.2) is 10.9 Å². The van der Waals surface area contributed by atoms with Crippen molar-refractivity contribution in [2.45, 2.75) is 0 Å². The van der Waals surface area contributed by atoms with Crippen LogP contribution in [0.2, 0.25) is 0 Å². The number of nitrogens with one attached hydrogen (secondary N) is 1. The molecule has 0 aliphatic heterocycles. The van der Waals surface area contributed by atoms with Crippen LogP contribution < -0.4 is 10.7 Å². The SMILES string of the molecule is N#Cc1ncc(C(N)=O)c[nH+]1. The van der Waals surface area contributed by atoms with Crippen molar-refractivity contribution in [1.82, 2.24) is 4.98 Å². The van der Waals surface area contributed by atoms with E-state index in [1.807, 2.05) is 0 Å². The predicted molar refractivity (Wildman–Crippen MR) is 34.0 cm³/mol. The van der Waals surface area contributed by atoms with Gasteiger partial charge < -0.3 is 5.73 Å². The van der Waals surface area contributed by atoms with Gasteiger partial charge in [-0.05, 0) is 4.98 Å². The molecule has 0 spiro atoms. The Morgan fingerprint density at radius 2 is 2.55 bits per heavy atom. The summed E-state index contributed by atoms with van der Waals surface area (Å²) < 4.78 is 0. The lowest BCUT2D eigenvalue weighted by atomic mass is 10.3. The van der Waals surface area contributed by atoms with E-state index in [4.69, 9.17) is 11.0 Å². The summed E-state index contributed by atoms with van der Waals surface area (Å²) in [5, 5.41) is 8.31. The minimum atomic E-state index is -0.571. The maximum atomic E-state index is 10.5. The Morgan fingerprint density at radius 3 is 2.91 bits per heavy atom. The molecule has 1 rings (SSSR count). The predicted octanol–water partition coefficient (Wildman–Crippen LogP) is -1.13. The lowest BCUT2D eigenvalue weighted by Gasteiger charge is -1.84. The molecule has 0 saturated heterocycles. The van der Waals surface area contributed by atoms with Gasteiger partial charge in [0.25, 0.3) is 5.91 Å². The van der Waals surface area contributed by atoms with E-state index in [1.165, 1.54) is 12.4 Å². The largest absolute Gasteiger partial charge is 0.400 e. The van der Waals surface area contributed by atoms with Crippen LogP contribution in [0.25, 0.3) is 0 Å². The van der Waals surface area contributed by atoms with Crippen molar-refractivity contribution in [3.63, 3.8) is 0 Å². The van der Waals surface area contributed by atoms with Crippen molar-refractivity contribution in [2.75, 3.05) is 0 Å². The number of nitrogens with zero attached hydrogens (tertiary/aromatic N) is 2. The second-order valence-corrected chi connectivity index (χ2v) is 1.83. The minimum absolute atomic E-state index is 0.148. The third kappa shape index (κ3) is 1.49. The van der Waals surface area contributed by atoms with Crippen molar-refractivity contribution in [2.24, 2.45) is 5.73 Å². The highest BCUT2D eigenvalue weighted by molar-refractivity contribution is 5.91. The summed E-state index contributed by atoms with van der Waals surface area (Å²) in [4.78, 5) is 16.6. The molecular formula is C6H5N4O+. The van der Waals surface area contributed by atoms with Gasteiger partial charge in [-0.1, -0.05) is 0 Å². The summed E-state index contributed by atoms with van der Waals surface area (Å²) in [6.45, 7) is 0. The Hall–Kier alpha value is -1.96. The maximum absolute atomic E-state index is 10.5. The number of nitriles is 1. The monoisotopic (exact) mass is 149 g/mol. The van der Waals surface area contributed by atoms with Crippen LogP contribution in [0.5, 0.6) is 0 Å². The number of carbonyl (C=O) groups excluding carboxylic acids is 1. The highest BCUT2D eigenvalue weighted by Gasteiger charge is 2.07. The first-order valence-corrected chi connectivity index (χ1v) is 2.81. The molecule has 3 N–H and O–H groups in total. The van der Waals surface area contributed by atoms with Gasteiger partial charge in [0.2, 0.25) is 0 Å². The number of amides is 1. The fraction of sp³-hybridized carbons (Fsp3) is 0. The summed E-state index contributed by atoms with van der Waals surface area (Å²) in [6.07, 6.45) is 2.59. The highest BCUT2D eigenvalue weighted by Crippen LogP contribution is 1.88. The Bertz CT molecular complexity index is 310. The summed E-state index contributed by atoms with van der Waals surface area (Å²) in [5.74, 6) is -0.423. The third-order valence-electron chi connectivity index (χ3n) is 1.09. The van der Waals surface area contributed by atoms with E-state index in [-0.39, 0.29) is 11.4 Å². The molecule has 0 unspecified atom stereocenters. The quantitative estimate of drug-likeness (QED) is 0.547. The van der Waals surface area contributed by atoms with Crippen LogP contribution >= 0.6 is 0 Å². The zero-order chi connectivity index (χ0) is 8.27. The van der Waals surface area contributed by atoms with Crippen LogP contribution in [0.1, 0.15) is 16.2 Å². The van der Waals surface area contributed by atoms with Gasteiger partial charge in [0.1, 0.15) is 11.8 Å². The van der Waals surface area contributed by atoms with Gasteiger partial charge in [-0.3, -0.25) is 4.79 Å². The van der Waals surface area contributed by atoms with Crippen molar-refractivity contribution in [3.8, 4) is 6.07 Å². The molecule has 0 saturated carbocycles. The van der Waals surface area contributed by atoms with Crippen molar-refractivity contribution < 1.29 is 9.78 Å². The molecule has 5 nitrogen and oxygen atoms in total. The Labute approximate surface area is 62.5 Å². The van der Waals surface area contributed by atoms with Gasteiger partial charge >= 0.3 is 5.82 Å². The molecule has 1 aromatic rings. The molecule has 1 aromatic heterocycles. The molecule has 11 heavy (non-hydrogen) atoms. The summed E-state index contributed by atoms with van der Waals surface area (Å²) in [7, 11) is 0. The normalized spacial score (nSPS) is 8.64. The molecule has 0 aliphatic carbocycles. The van der Waals surface area contributed by atoms with E-state index in [0.29, 0.717) is 0 Å². The lowest BCUT2D eigenvalue weighted by Crippen LogP contribution is -2.18. The zero-order valence-electron chi connectivity index (χ0n) is 5.53. The molecule has 5 heteroatoms. The third-order valence-corrected chi connectivity index (χ3v) is 1.09. The second-order valence-electron chi connectivity index (χ2n) is 1.83. The Kier molecular flexibility index (Phi) is 1.79. The molecule has 1 amide bonds. The highest BCUT2D eigenvalue weighted by atomic mass is 16.1. The molecule has 0 fully saturated rings. The van der Waals surface area contributed by atoms with Crippen molar-refractivity contribution in [1.29, 1.82) is 5.26 Å². The minimum Gasteiger partial charge on any atom is -0.365 e. The van der Waals surface area contributed by atoms with E-state index in [0.717, 1.165) is 0 Å². The average Bonchev–Trinajstić information content (AvgIpc) is 2.05. The van der Waals surface area contributed by atoms with Crippen molar-refractivity contribution in [3.05, 3.63) is 23.8 Å². The first-order valence-electron chi connectivity index (χ1n) is 2.81. The summed E-state index contributed by atoms with van der Waals surface area (Å²) in [6, 6.07) is 1.77. The van der Waals surface area contributed by atoms with E-state index in [2.05, 4.69) is 9.97 Å². The summed E-state index contributed by atoms with van der Waals surface area (Å²) in [5.41, 5.74) is 5.18. The zero-order valence-corrected chi connectivity index (χ0v) is 5.53. The Morgan fingerprint density at radius 1 is 1.82 bits per heavy atom. The van der Waals surface area contributed by atoms with Gasteiger partial charge in [0, 0.05) is 0 Å². The number of nitrogens with two attached hydrogens (primary N) is 1. The van der Waals surface area contributed by atoms with Crippen LogP contribution in [-0.2, 0) is 0 Å². The van der Waals surface area contributed by atoms with Crippen LogP contribution in [0.3, 0.4) is 0 Å². The molecule has 0 bridgehead atoms. The molecule has 54 valence electrons. The number of aromatic amines is 1.